The van der Waals surface area contributed by atoms with Gasteiger partial charge in [0.25, 0.3) is 5.91 Å². The van der Waals surface area contributed by atoms with Gasteiger partial charge in [0.05, 0.1) is 0 Å². The highest BCUT2D eigenvalue weighted by Crippen LogP contribution is 2.27. The van der Waals surface area contributed by atoms with Gasteiger partial charge in [-0.15, -0.1) is 36.2 Å². The van der Waals surface area contributed by atoms with Crippen LogP contribution in [0.15, 0.2) is 29.6 Å². The van der Waals surface area contributed by atoms with Gasteiger partial charge in [0.2, 0.25) is 0 Å². The number of amides is 1. The van der Waals surface area contributed by atoms with Crippen molar-refractivity contribution in [3.63, 3.8) is 0 Å². The molecule has 4 nitrogen and oxygen atoms in total. The predicted octanol–water partition coefficient (Wildman–Crippen LogP) is 3.87. The number of carbonyl (C=O) groups excluding carboxylic acids is 1. The van der Waals surface area contributed by atoms with Gasteiger partial charge in [-0.05, 0) is 25.0 Å². The van der Waals surface area contributed by atoms with E-state index >= 15 is 0 Å². The molecule has 0 aliphatic carbocycles. The molecule has 23 heavy (non-hydrogen) atoms. The van der Waals surface area contributed by atoms with E-state index in [-0.39, 0.29) is 36.8 Å². The lowest BCUT2D eigenvalue weighted by atomic mass is 10.2. The zero-order valence-electron chi connectivity index (χ0n) is 12.3. The summed E-state index contributed by atoms with van der Waals surface area (Å²) < 4.78 is 0. The molecule has 1 aromatic heterocycles. The van der Waals surface area contributed by atoms with Gasteiger partial charge in [0.15, 0.2) is 0 Å². The van der Waals surface area contributed by atoms with Gasteiger partial charge in [-0.2, -0.15) is 0 Å². The Balaban J connectivity index is 0.00000132. The second-order valence-electron chi connectivity index (χ2n) is 5.08. The normalized spacial score (nSPS) is 16.6. The first-order chi connectivity index (χ1) is 10.2. The van der Waals surface area contributed by atoms with Crippen molar-refractivity contribution in [2.24, 2.45) is 5.73 Å². The molecule has 0 bridgehead atoms. The molecule has 2 N–H and O–H groups in total. The molecule has 1 unspecified atom stereocenters. The molecular formula is C15H18Cl3N3OS. The van der Waals surface area contributed by atoms with Crippen molar-refractivity contribution in [2.75, 3.05) is 13.1 Å². The van der Waals surface area contributed by atoms with Crippen LogP contribution in [0.2, 0.25) is 5.02 Å². The van der Waals surface area contributed by atoms with E-state index in [0.717, 1.165) is 30.0 Å². The summed E-state index contributed by atoms with van der Waals surface area (Å²) in [7, 11) is 0. The first-order valence-corrected chi connectivity index (χ1v) is 8.17. The Labute approximate surface area is 156 Å². The molecule has 1 fully saturated rings. The van der Waals surface area contributed by atoms with E-state index in [9.17, 15) is 4.79 Å². The smallest absolute Gasteiger partial charge is 0.273 e. The van der Waals surface area contributed by atoms with E-state index in [0.29, 0.717) is 17.3 Å². The Kier molecular flexibility index (Phi) is 7.77. The van der Waals surface area contributed by atoms with Gasteiger partial charge < -0.3 is 10.6 Å². The third-order valence-electron chi connectivity index (χ3n) is 3.72. The van der Waals surface area contributed by atoms with Crippen LogP contribution in [0.3, 0.4) is 0 Å². The summed E-state index contributed by atoms with van der Waals surface area (Å²) in [5, 5.41) is 3.34. The Morgan fingerprint density at radius 3 is 2.70 bits per heavy atom. The number of hydrogen-bond acceptors (Lipinski definition) is 4. The Morgan fingerprint density at radius 1 is 1.35 bits per heavy atom. The minimum Gasteiger partial charge on any atom is -0.333 e. The van der Waals surface area contributed by atoms with E-state index in [4.69, 9.17) is 17.3 Å². The van der Waals surface area contributed by atoms with Crippen molar-refractivity contribution in [3.8, 4) is 10.6 Å². The monoisotopic (exact) mass is 393 g/mol. The van der Waals surface area contributed by atoms with Crippen LogP contribution in [-0.2, 0) is 0 Å². The number of likely N-dealkylation sites (tertiary alicyclic amines) is 1. The van der Waals surface area contributed by atoms with E-state index in [1.54, 1.807) is 0 Å². The highest BCUT2D eigenvalue weighted by atomic mass is 35.5. The van der Waals surface area contributed by atoms with E-state index in [1.165, 1.54) is 11.3 Å². The quantitative estimate of drug-likeness (QED) is 0.859. The van der Waals surface area contributed by atoms with Gasteiger partial charge >= 0.3 is 0 Å². The van der Waals surface area contributed by atoms with Crippen molar-refractivity contribution >= 4 is 53.7 Å². The highest BCUT2D eigenvalue weighted by molar-refractivity contribution is 7.13. The first kappa shape index (κ1) is 20.2. The Hall–Kier alpha value is -0.850. The lowest BCUT2D eigenvalue weighted by Crippen LogP contribution is -2.40. The van der Waals surface area contributed by atoms with E-state index in [2.05, 4.69) is 4.98 Å². The lowest BCUT2D eigenvalue weighted by Gasteiger charge is -2.22. The van der Waals surface area contributed by atoms with Crippen LogP contribution in [0.25, 0.3) is 10.6 Å². The molecule has 126 valence electrons. The molecule has 1 saturated heterocycles. The number of carbonyl (C=O) groups is 1. The second-order valence-corrected chi connectivity index (χ2v) is 6.37. The maximum absolute atomic E-state index is 12.5. The molecule has 1 atom stereocenters. The van der Waals surface area contributed by atoms with Crippen LogP contribution in [0.4, 0.5) is 0 Å². The average Bonchev–Trinajstić information content (AvgIpc) is 3.16. The van der Waals surface area contributed by atoms with E-state index in [1.807, 2.05) is 34.5 Å². The summed E-state index contributed by atoms with van der Waals surface area (Å²) in [5.74, 6) is -0.0144. The van der Waals surface area contributed by atoms with Crippen LogP contribution < -0.4 is 5.73 Å². The fraction of sp³-hybridized carbons (Fsp3) is 0.333. The van der Waals surface area contributed by atoms with Crippen molar-refractivity contribution < 1.29 is 4.79 Å². The van der Waals surface area contributed by atoms with Crippen molar-refractivity contribution in [1.29, 1.82) is 0 Å². The summed E-state index contributed by atoms with van der Waals surface area (Å²) in [6.45, 7) is 1.29. The maximum Gasteiger partial charge on any atom is 0.273 e. The van der Waals surface area contributed by atoms with Gasteiger partial charge in [0, 0.05) is 35.1 Å². The third-order valence-corrected chi connectivity index (χ3v) is 4.87. The summed E-state index contributed by atoms with van der Waals surface area (Å²) in [5.41, 5.74) is 7.20. The van der Waals surface area contributed by atoms with Crippen LogP contribution in [0, 0.1) is 0 Å². The van der Waals surface area contributed by atoms with Crippen molar-refractivity contribution in [3.05, 3.63) is 40.4 Å². The Bertz CT molecular complexity index is 648. The third kappa shape index (κ3) is 4.37. The summed E-state index contributed by atoms with van der Waals surface area (Å²) in [4.78, 5) is 18.8. The minimum atomic E-state index is -0.0144. The number of rotatable bonds is 3. The number of nitrogens with two attached hydrogens (primary N) is 1. The van der Waals surface area contributed by atoms with Gasteiger partial charge in [-0.25, -0.2) is 4.98 Å². The molecule has 1 aliphatic heterocycles. The van der Waals surface area contributed by atoms with Crippen LogP contribution >= 0.6 is 47.8 Å². The summed E-state index contributed by atoms with van der Waals surface area (Å²) >= 11 is 7.35. The zero-order chi connectivity index (χ0) is 14.8. The molecule has 0 radical (unpaired) electrons. The fourth-order valence-corrected chi connectivity index (χ4v) is 3.52. The molecule has 2 aromatic rings. The number of thiazole rings is 1. The number of hydrogen-bond donors (Lipinski definition) is 1. The van der Waals surface area contributed by atoms with E-state index < -0.39 is 0 Å². The number of halogens is 3. The molecule has 3 rings (SSSR count). The largest absolute Gasteiger partial charge is 0.333 e. The predicted molar refractivity (Wildman–Crippen MR) is 100 cm³/mol. The Morgan fingerprint density at radius 2 is 2.04 bits per heavy atom. The number of aromatic nitrogens is 1. The minimum absolute atomic E-state index is 0. The maximum atomic E-state index is 12.5. The molecule has 1 aromatic carbocycles. The molecule has 8 heteroatoms. The standard InChI is InChI=1S/C15H16ClN3OS.2ClH/c16-11-5-3-10(4-6-11)14-18-13(9-21-14)15(20)19-7-1-2-12(19)8-17;;/h3-6,9,12H,1-2,7-8,17H2;2*1H. The SMILES string of the molecule is Cl.Cl.NCC1CCCN1C(=O)c1csc(-c2ccc(Cl)cc2)n1. The van der Waals surface area contributed by atoms with Crippen molar-refractivity contribution in [2.45, 2.75) is 18.9 Å². The second kappa shape index (κ2) is 8.85. The van der Waals surface area contributed by atoms with Gasteiger partial charge in [-0.1, -0.05) is 23.7 Å². The van der Waals surface area contributed by atoms with Crippen molar-refractivity contribution in [1.82, 2.24) is 9.88 Å². The highest BCUT2D eigenvalue weighted by Gasteiger charge is 2.29. The topological polar surface area (TPSA) is 59.2 Å². The number of benzene rings is 1. The van der Waals surface area contributed by atoms with Crippen LogP contribution in [0.5, 0.6) is 0 Å². The summed E-state index contributed by atoms with van der Waals surface area (Å²) in [6.07, 6.45) is 2.00. The molecule has 1 aliphatic rings. The number of nitrogens with zero attached hydrogens (tertiary/aromatic N) is 2. The average molecular weight is 395 g/mol. The molecule has 0 saturated carbocycles. The molecule has 2 heterocycles. The molecule has 1 amide bonds. The van der Waals surface area contributed by atoms with Crippen LogP contribution in [-0.4, -0.2) is 34.9 Å². The van der Waals surface area contributed by atoms with Gasteiger partial charge in [-0.3, -0.25) is 4.79 Å². The lowest BCUT2D eigenvalue weighted by molar-refractivity contribution is 0.0736. The first-order valence-electron chi connectivity index (χ1n) is 6.91. The fourth-order valence-electron chi connectivity index (χ4n) is 2.59. The molecular weight excluding hydrogens is 377 g/mol. The van der Waals surface area contributed by atoms with Gasteiger partial charge in [0.1, 0.15) is 10.7 Å². The zero-order valence-corrected chi connectivity index (χ0v) is 15.5. The van der Waals surface area contributed by atoms with Crippen LogP contribution in [0.1, 0.15) is 23.3 Å². The summed E-state index contributed by atoms with van der Waals surface area (Å²) in [6, 6.07) is 7.62. The molecule has 0 spiro atoms.